The first kappa shape index (κ1) is 20.5. The Labute approximate surface area is 193 Å². The van der Waals surface area contributed by atoms with Gasteiger partial charge in [0.1, 0.15) is 12.4 Å². The van der Waals surface area contributed by atoms with E-state index >= 15 is 0 Å². The zero-order chi connectivity index (χ0) is 23.2. The van der Waals surface area contributed by atoms with Gasteiger partial charge in [0, 0.05) is 25.1 Å². The fourth-order valence-corrected chi connectivity index (χ4v) is 4.07. The zero-order valence-electron chi connectivity index (χ0n) is 18.6. The van der Waals surface area contributed by atoms with Gasteiger partial charge in [-0.25, -0.2) is 0 Å². The molecule has 1 amide bonds. The molecule has 6 heterocycles. The number of fused-ring (bicyclic) bond motifs is 2. The first-order valence-electron chi connectivity index (χ1n) is 10.8. The minimum atomic E-state index is 0.00605. The molecule has 0 aromatic carbocycles. The van der Waals surface area contributed by atoms with Crippen LogP contribution < -0.4 is 9.47 Å². The largest absolute Gasteiger partial charge is 0.491 e. The minimum absolute atomic E-state index is 0.00605. The standard InChI is InChI=1S/C22H21N7O5/c1-12-7-17(27-34-12)20-25-24-19-8-18(31-2)21(26-29(19)20)33-9-13-3-4-15-16(23-13)5-6-28(22(15)30)14-10-32-11-14/h3-4,7-8,14H,5-6,9-11H2,1-2H3. The second-order valence-corrected chi connectivity index (χ2v) is 8.16. The van der Waals surface area contributed by atoms with Crippen molar-refractivity contribution < 1.29 is 23.5 Å². The molecule has 12 nitrogen and oxygen atoms in total. The van der Waals surface area contributed by atoms with Crippen LogP contribution in [-0.2, 0) is 17.8 Å². The fraction of sp³-hybridized carbons (Fsp3) is 0.364. The summed E-state index contributed by atoms with van der Waals surface area (Å²) in [6, 6.07) is 7.21. The molecule has 2 aliphatic heterocycles. The molecule has 0 unspecified atom stereocenters. The van der Waals surface area contributed by atoms with Gasteiger partial charge in [0.15, 0.2) is 17.1 Å². The maximum Gasteiger partial charge on any atom is 0.275 e. The Kier molecular flexibility index (Phi) is 4.87. The van der Waals surface area contributed by atoms with Gasteiger partial charge >= 0.3 is 0 Å². The van der Waals surface area contributed by atoms with Crippen molar-refractivity contribution in [2.24, 2.45) is 0 Å². The first-order chi connectivity index (χ1) is 16.6. The number of hydrogen-bond donors (Lipinski definition) is 0. The van der Waals surface area contributed by atoms with E-state index in [4.69, 9.17) is 18.7 Å². The van der Waals surface area contributed by atoms with Crippen molar-refractivity contribution in [1.82, 2.24) is 34.9 Å². The molecule has 0 saturated carbocycles. The quantitative estimate of drug-likeness (QED) is 0.414. The van der Waals surface area contributed by atoms with Crippen LogP contribution in [0.5, 0.6) is 11.6 Å². The normalized spacial score (nSPS) is 15.9. The highest BCUT2D eigenvalue weighted by atomic mass is 16.5. The summed E-state index contributed by atoms with van der Waals surface area (Å²) < 4.78 is 23.3. The molecule has 4 aromatic heterocycles. The first-order valence-corrected chi connectivity index (χ1v) is 10.8. The van der Waals surface area contributed by atoms with E-state index in [9.17, 15) is 4.79 Å². The van der Waals surface area contributed by atoms with E-state index in [1.807, 2.05) is 11.0 Å². The van der Waals surface area contributed by atoms with Crippen LogP contribution in [0.25, 0.3) is 17.2 Å². The molecule has 0 radical (unpaired) electrons. The second-order valence-electron chi connectivity index (χ2n) is 8.16. The molecule has 0 spiro atoms. The number of methoxy groups -OCH3 is 1. The van der Waals surface area contributed by atoms with Crippen molar-refractivity contribution in [3.63, 3.8) is 0 Å². The lowest BCUT2D eigenvalue weighted by Crippen LogP contribution is -2.54. The van der Waals surface area contributed by atoms with Gasteiger partial charge in [-0.05, 0) is 19.1 Å². The van der Waals surface area contributed by atoms with Crippen molar-refractivity contribution in [2.75, 3.05) is 26.9 Å². The minimum Gasteiger partial charge on any atom is -0.491 e. The van der Waals surface area contributed by atoms with Crippen LogP contribution in [0.2, 0.25) is 0 Å². The van der Waals surface area contributed by atoms with Crippen LogP contribution >= 0.6 is 0 Å². The molecule has 0 bridgehead atoms. The van der Waals surface area contributed by atoms with Crippen molar-refractivity contribution in [2.45, 2.75) is 26.0 Å². The summed E-state index contributed by atoms with van der Waals surface area (Å²) in [6.45, 7) is 3.79. The predicted octanol–water partition coefficient (Wildman–Crippen LogP) is 1.47. The highest BCUT2D eigenvalue weighted by Crippen LogP contribution is 2.28. The highest BCUT2D eigenvalue weighted by molar-refractivity contribution is 5.96. The lowest BCUT2D eigenvalue weighted by atomic mass is 10.0. The van der Waals surface area contributed by atoms with E-state index in [-0.39, 0.29) is 24.4 Å². The third-order valence-corrected chi connectivity index (χ3v) is 5.93. The molecule has 4 aromatic rings. The smallest absolute Gasteiger partial charge is 0.275 e. The van der Waals surface area contributed by atoms with Crippen molar-refractivity contribution in [1.29, 1.82) is 0 Å². The van der Waals surface area contributed by atoms with Gasteiger partial charge in [-0.3, -0.25) is 9.78 Å². The Balaban J connectivity index is 1.24. The average molecular weight is 463 g/mol. The summed E-state index contributed by atoms with van der Waals surface area (Å²) in [5, 5.41) is 16.8. The molecule has 6 rings (SSSR count). The molecule has 0 aliphatic carbocycles. The van der Waals surface area contributed by atoms with E-state index in [1.165, 1.54) is 11.6 Å². The highest BCUT2D eigenvalue weighted by Gasteiger charge is 2.34. The average Bonchev–Trinajstić information content (AvgIpc) is 3.43. The summed E-state index contributed by atoms with van der Waals surface area (Å²) in [7, 11) is 1.53. The number of carbonyl (C=O) groups is 1. The number of aromatic nitrogens is 6. The van der Waals surface area contributed by atoms with Crippen molar-refractivity contribution in [3.8, 4) is 23.1 Å². The molecule has 1 saturated heterocycles. The number of aryl methyl sites for hydroxylation is 1. The lowest BCUT2D eigenvalue weighted by Gasteiger charge is -2.39. The molecule has 34 heavy (non-hydrogen) atoms. The number of amides is 1. The number of nitrogens with zero attached hydrogens (tertiary/aromatic N) is 7. The summed E-state index contributed by atoms with van der Waals surface area (Å²) in [5.74, 6) is 1.74. The fourth-order valence-electron chi connectivity index (χ4n) is 4.07. The van der Waals surface area contributed by atoms with Crippen LogP contribution in [0.1, 0.15) is 27.5 Å². The van der Waals surface area contributed by atoms with E-state index in [1.54, 1.807) is 25.1 Å². The van der Waals surface area contributed by atoms with E-state index in [0.717, 1.165) is 5.69 Å². The molecule has 0 atom stereocenters. The van der Waals surface area contributed by atoms with E-state index in [0.29, 0.717) is 66.1 Å². The number of pyridine rings is 1. The summed E-state index contributed by atoms with van der Waals surface area (Å²) in [4.78, 5) is 19.4. The van der Waals surface area contributed by atoms with Crippen molar-refractivity contribution in [3.05, 3.63) is 47.0 Å². The van der Waals surface area contributed by atoms with Crippen LogP contribution in [0, 0.1) is 6.92 Å². The van der Waals surface area contributed by atoms with Gasteiger partial charge in [0.2, 0.25) is 5.82 Å². The van der Waals surface area contributed by atoms with Crippen LogP contribution in [0.3, 0.4) is 0 Å². The van der Waals surface area contributed by atoms with Gasteiger partial charge in [-0.15, -0.1) is 15.3 Å². The number of rotatable bonds is 6. The number of carbonyl (C=O) groups excluding carboxylic acids is 1. The summed E-state index contributed by atoms with van der Waals surface area (Å²) in [6.07, 6.45) is 0.695. The maximum absolute atomic E-state index is 12.8. The van der Waals surface area contributed by atoms with Crippen molar-refractivity contribution >= 4 is 11.6 Å². The Hall–Kier alpha value is -4.06. The molecular formula is C22H21N7O5. The monoisotopic (exact) mass is 463 g/mol. The molecule has 12 heteroatoms. The van der Waals surface area contributed by atoms with Gasteiger partial charge in [-0.1, -0.05) is 5.16 Å². The molecule has 0 N–H and O–H groups in total. The third kappa shape index (κ3) is 3.43. The molecular weight excluding hydrogens is 442 g/mol. The second kappa shape index (κ2) is 8.06. The summed E-state index contributed by atoms with van der Waals surface area (Å²) in [5.41, 5.74) is 3.09. The Bertz CT molecular complexity index is 1390. The summed E-state index contributed by atoms with van der Waals surface area (Å²) >= 11 is 0. The lowest BCUT2D eigenvalue weighted by molar-refractivity contribution is -0.0550. The van der Waals surface area contributed by atoms with Crippen LogP contribution in [-0.4, -0.2) is 73.7 Å². The predicted molar refractivity (Wildman–Crippen MR) is 115 cm³/mol. The Morgan fingerprint density at radius 1 is 1.21 bits per heavy atom. The van der Waals surface area contributed by atoms with Gasteiger partial charge < -0.3 is 23.6 Å². The van der Waals surface area contributed by atoms with E-state index < -0.39 is 0 Å². The third-order valence-electron chi connectivity index (χ3n) is 5.93. The van der Waals surface area contributed by atoms with E-state index in [2.05, 4.69) is 25.4 Å². The van der Waals surface area contributed by atoms with Crippen LogP contribution in [0.4, 0.5) is 0 Å². The topological polar surface area (TPSA) is 130 Å². The van der Waals surface area contributed by atoms with Gasteiger partial charge in [0.05, 0.1) is 43.3 Å². The maximum atomic E-state index is 12.8. The molecule has 2 aliphatic rings. The SMILES string of the molecule is COc1cc2nnc(-c3cc(C)on3)n2nc1OCc1ccc2c(n1)CCN(C1COC1)C2=O. The zero-order valence-corrected chi connectivity index (χ0v) is 18.6. The molecule has 174 valence electrons. The number of ether oxygens (including phenoxy) is 3. The van der Waals surface area contributed by atoms with Gasteiger partial charge in [-0.2, -0.15) is 4.52 Å². The Morgan fingerprint density at radius 3 is 2.82 bits per heavy atom. The Morgan fingerprint density at radius 2 is 2.09 bits per heavy atom. The molecule has 1 fully saturated rings. The van der Waals surface area contributed by atoms with Gasteiger partial charge in [0.25, 0.3) is 11.8 Å². The number of hydrogen-bond acceptors (Lipinski definition) is 10. The van der Waals surface area contributed by atoms with Crippen LogP contribution in [0.15, 0.2) is 28.8 Å².